The van der Waals surface area contributed by atoms with E-state index in [1.165, 1.54) is 11.8 Å². The Bertz CT molecular complexity index is 865. The molecule has 0 aliphatic carbocycles. The lowest BCUT2D eigenvalue weighted by Crippen LogP contribution is -2.19. The molecule has 1 aliphatic heterocycles. The van der Waals surface area contributed by atoms with Crippen molar-refractivity contribution in [2.75, 3.05) is 7.11 Å². The maximum Gasteiger partial charge on any atom is 0.264 e. The third-order valence-corrected chi connectivity index (χ3v) is 4.66. The number of amidine groups is 1. The Hall–Kier alpha value is -1.95. The molecule has 0 atom stereocenters. The van der Waals surface area contributed by atoms with E-state index in [1.54, 1.807) is 31.4 Å². The van der Waals surface area contributed by atoms with Crippen molar-refractivity contribution in [3.8, 4) is 5.75 Å². The van der Waals surface area contributed by atoms with Crippen molar-refractivity contribution in [3.05, 3.63) is 63.0 Å². The van der Waals surface area contributed by atoms with Crippen LogP contribution in [0.5, 0.6) is 5.75 Å². The molecule has 1 fully saturated rings. The van der Waals surface area contributed by atoms with Gasteiger partial charge in [-0.25, -0.2) is 4.99 Å². The fourth-order valence-electron chi connectivity index (χ4n) is 2.09. The topological polar surface area (TPSA) is 50.7 Å². The molecule has 2 aromatic carbocycles. The van der Waals surface area contributed by atoms with E-state index in [0.717, 1.165) is 5.56 Å². The van der Waals surface area contributed by atoms with Crippen LogP contribution in [0.25, 0.3) is 6.08 Å². The van der Waals surface area contributed by atoms with Gasteiger partial charge in [0.25, 0.3) is 5.91 Å². The number of halogens is 2. The molecular weight excluding hydrogens is 367 g/mol. The molecule has 24 heavy (non-hydrogen) atoms. The number of rotatable bonds is 3. The molecule has 1 aliphatic rings. The van der Waals surface area contributed by atoms with Gasteiger partial charge in [-0.1, -0.05) is 41.4 Å². The van der Waals surface area contributed by atoms with E-state index in [-0.39, 0.29) is 5.91 Å². The normalized spacial score (nSPS) is 17.4. The SMILES string of the molecule is COc1ccccc1C=C1SC(=Nc2ccc(Cl)cc2Cl)NC1=O. The van der Waals surface area contributed by atoms with Crippen molar-refractivity contribution in [1.82, 2.24) is 5.32 Å². The van der Waals surface area contributed by atoms with Crippen LogP contribution in [0.2, 0.25) is 10.0 Å². The maximum atomic E-state index is 12.1. The highest BCUT2D eigenvalue weighted by molar-refractivity contribution is 8.18. The molecule has 0 radical (unpaired) electrons. The van der Waals surface area contributed by atoms with Gasteiger partial charge in [-0.05, 0) is 42.1 Å². The number of nitrogens with zero attached hydrogens (tertiary/aromatic N) is 1. The number of ether oxygens (including phenoxy) is 1. The van der Waals surface area contributed by atoms with E-state index < -0.39 is 0 Å². The number of carbonyl (C=O) groups is 1. The number of nitrogens with one attached hydrogen (secondary N) is 1. The first kappa shape index (κ1) is 16.9. The zero-order chi connectivity index (χ0) is 17.1. The van der Waals surface area contributed by atoms with Gasteiger partial charge < -0.3 is 10.1 Å². The van der Waals surface area contributed by atoms with E-state index in [1.807, 2.05) is 24.3 Å². The van der Waals surface area contributed by atoms with Gasteiger partial charge in [0.1, 0.15) is 5.75 Å². The summed E-state index contributed by atoms with van der Waals surface area (Å²) >= 11 is 13.2. The molecule has 4 nitrogen and oxygen atoms in total. The van der Waals surface area contributed by atoms with Gasteiger partial charge in [0.05, 0.1) is 22.7 Å². The summed E-state index contributed by atoms with van der Waals surface area (Å²) < 4.78 is 5.29. The summed E-state index contributed by atoms with van der Waals surface area (Å²) in [4.78, 5) is 17.0. The van der Waals surface area contributed by atoms with Crippen LogP contribution >= 0.6 is 35.0 Å². The zero-order valence-electron chi connectivity index (χ0n) is 12.5. The molecule has 0 bridgehead atoms. The molecule has 3 rings (SSSR count). The van der Waals surface area contributed by atoms with Crippen molar-refractivity contribution in [3.63, 3.8) is 0 Å². The summed E-state index contributed by atoms with van der Waals surface area (Å²) in [6, 6.07) is 12.5. The van der Waals surface area contributed by atoms with Crippen LogP contribution in [-0.4, -0.2) is 18.2 Å². The van der Waals surface area contributed by atoms with Gasteiger partial charge in [0, 0.05) is 10.6 Å². The van der Waals surface area contributed by atoms with Gasteiger partial charge in [-0.15, -0.1) is 0 Å². The van der Waals surface area contributed by atoms with Crippen LogP contribution in [0.15, 0.2) is 52.4 Å². The first-order valence-electron chi connectivity index (χ1n) is 6.94. The molecule has 7 heteroatoms. The van der Waals surface area contributed by atoms with Crippen LogP contribution in [-0.2, 0) is 4.79 Å². The summed E-state index contributed by atoms with van der Waals surface area (Å²) in [5, 5.41) is 4.14. The molecule has 1 amide bonds. The van der Waals surface area contributed by atoms with Gasteiger partial charge in [-0.3, -0.25) is 4.79 Å². The van der Waals surface area contributed by atoms with Gasteiger partial charge >= 0.3 is 0 Å². The Balaban J connectivity index is 1.88. The maximum absolute atomic E-state index is 12.1. The highest BCUT2D eigenvalue weighted by Gasteiger charge is 2.24. The van der Waals surface area contributed by atoms with Gasteiger partial charge in [0.2, 0.25) is 0 Å². The fourth-order valence-corrected chi connectivity index (χ4v) is 3.37. The smallest absolute Gasteiger partial charge is 0.264 e. The minimum Gasteiger partial charge on any atom is -0.496 e. The first-order valence-corrected chi connectivity index (χ1v) is 8.52. The van der Waals surface area contributed by atoms with E-state index in [2.05, 4.69) is 10.3 Å². The largest absolute Gasteiger partial charge is 0.496 e. The molecule has 0 spiro atoms. The second kappa shape index (κ2) is 7.30. The Morgan fingerprint density at radius 1 is 1.21 bits per heavy atom. The number of thioether (sulfide) groups is 1. The van der Waals surface area contributed by atoms with Gasteiger partial charge in [-0.2, -0.15) is 0 Å². The Morgan fingerprint density at radius 2 is 2.00 bits per heavy atom. The Labute approximate surface area is 153 Å². The van der Waals surface area contributed by atoms with E-state index in [0.29, 0.717) is 31.6 Å². The number of methoxy groups -OCH3 is 1. The third kappa shape index (κ3) is 3.75. The van der Waals surface area contributed by atoms with Crippen molar-refractivity contribution in [1.29, 1.82) is 0 Å². The molecule has 2 aromatic rings. The highest BCUT2D eigenvalue weighted by atomic mass is 35.5. The van der Waals surface area contributed by atoms with Gasteiger partial charge in [0.15, 0.2) is 5.17 Å². The number of aliphatic imine (C=N–C) groups is 1. The summed E-state index contributed by atoms with van der Waals surface area (Å²) in [6.45, 7) is 0. The van der Waals surface area contributed by atoms with E-state index >= 15 is 0 Å². The molecule has 0 unspecified atom stereocenters. The summed E-state index contributed by atoms with van der Waals surface area (Å²) in [7, 11) is 1.59. The van der Waals surface area contributed by atoms with Crippen molar-refractivity contribution in [2.24, 2.45) is 4.99 Å². The third-order valence-electron chi connectivity index (χ3n) is 3.21. The number of hydrogen-bond donors (Lipinski definition) is 1. The fraction of sp³-hybridized carbons (Fsp3) is 0.0588. The van der Waals surface area contributed by atoms with Crippen LogP contribution in [0.1, 0.15) is 5.56 Å². The molecule has 122 valence electrons. The number of para-hydroxylation sites is 1. The summed E-state index contributed by atoms with van der Waals surface area (Å²) in [6.07, 6.45) is 1.77. The molecular formula is C17H12Cl2N2O2S. The van der Waals surface area contributed by atoms with Crippen LogP contribution in [0.4, 0.5) is 5.69 Å². The Kier molecular flexibility index (Phi) is 5.14. The van der Waals surface area contributed by atoms with E-state index in [9.17, 15) is 4.79 Å². The predicted molar refractivity (Wildman–Crippen MR) is 100 cm³/mol. The number of hydrogen-bond acceptors (Lipinski definition) is 4. The standard InChI is InChI=1S/C17H12Cl2N2O2S/c1-23-14-5-3-2-4-10(14)8-15-16(22)21-17(24-15)20-13-7-6-11(18)9-12(13)19/h2-9H,1H3,(H,20,21,22). The molecule has 0 saturated carbocycles. The quantitative estimate of drug-likeness (QED) is 0.773. The predicted octanol–water partition coefficient (Wildman–Crippen LogP) is 4.89. The first-order chi connectivity index (χ1) is 11.6. The lowest BCUT2D eigenvalue weighted by Gasteiger charge is -2.03. The van der Waals surface area contributed by atoms with Crippen LogP contribution in [0, 0.1) is 0 Å². The monoisotopic (exact) mass is 378 g/mol. The molecule has 1 saturated heterocycles. The zero-order valence-corrected chi connectivity index (χ0v) is 14.9. The number of amides is 1. The van der Waals surface area contributed by atoms with Crippen molar-refractivity contribution >= 4 is 57.8 Å². The lowest BCUT2D eigenvalue weighted by molar-refractivity contribution is -0.115. The molecule has 1 heterocycles. The molecule has 1 N–H and O–H groups in total. The van der Waals surface area contributed by atoms with E-state index in [4.69, 9.17) is 27.9 Å². The minimum atomic E-state index is -0.213. The summed E-state index contributed by atoms with van der Waals surface area (Å²) in [5.74, 6) is 0.485. The highest BCUT2D eigenvalue weighted by Crippen LogP contribution is 2.33. The number of carbonyl (C=O) groups excluding carboxylic acids is 1. The summed E-state index contributed by atoms with van der Waals surface area (Å²) in [5.41, 5.74) is 1.37. The van der Waals surface area contributed by atoms with Crippen LogP contribution < -0.4 is 10.1 Å². The Morgan fingerprint density at radius 3 is 2.75 bits per heavy atom. The lowest BCUT2D eigenvalue weighted by atomic mass is 10.2. The minimum absolute atomic E-state index is 0.213. The second-order valence-electron chi connectivity index (χ2n) is 4.82. The van der Waals surface area contributed by atoms with Crippen molar-refractivity contribution in [2.45, 2.75) is 0 Å². The average molecular weight is 379 g/mol. The average Bonchev–Trinajstić information content (AvgIpc) is 2.90. The van der Waals surface area contributed by atoms with Crippen molar-refractivity contribution < 1.29 is 9.53 Å². The van der Waals surface area contributed by atoms with Crippen LogP contribution in [0.3, 0.4) is 0 Å². The molecule has 0 aromatic heterocycles. The number of benzene rings is 2. The second-order valence-corrected chi connectivity index (χ2v) is 6.69.